The molecule has 0 heterocycles. The summed E-state index contributed by atoms with van der Waals surface area (Å²) < 4.78 is 0. The molecule has 2 rings (SSSR count). The average molecular weight is 271 g/mol. The van der Waals surface area contributed by atoms with Crippen LogP contribution in [0.4, 0.5) is 5.69 Å². The average Bonchev–Trinajstić information content (AvgIpc) is 2.44. The van der Waals surface area contributed by atoms with Gasteiger partial charge in [-0.25, -0.2) is 0 Å². The minimum absolute atomic E-state index is 0.243. The van der Waals surface area contributed by atoms with Gasteiger partial charge in [0.2, 0.25) is 0 Å². The minimum atomic E-state index is -0.316. The van der Waals surface area contributed by atoms with Gasteiger partial charge in [-0.2, -0.15) is 0 Å². The number of para-hydroxylation sites is 1. The molecule has 104 valence electrons. The molecule has 0 saturated heterocycles. The maximum absolute atomic E-state index is 12.1. The molecular weight excluding hydrogens is 254 g/mol. The standard InChI is InChI=1S/C16H17NO3/c1-2-5-11-6-3-4-7-13(11)17-16(20)12-8-9-14(18)15(19)10-12/h3-4,6-10,18-19H,2,5H2,1H3,(H,17,20). The van der Waals surface area contributed by atoms with Crippen LogP contribution >= 0.6 is 0 Å². The van der Waals surface area contributed by atoms with Crippen molar-refractivity contribution in [3.8, 4) is 11.5 Å². The molecule has 1 amide bonds. The maximum Gasteiger partial charge on any atom is 0.255 e. The molecule has 0 unspecified atom stereocenters. The van der Waals surface area contributed by atoms with Gasteiger partial charge in [-0.3, -0.25) is 4.79 Å². The molecule has 0 fully saturated rings. The lowest BCUT2D eigenvalue weighted by atomic mass is 10.1. The summed E-state index contributed by atoms with van der Waals surface area (Å²) in [6.45, 7) is 2.08. The summed E-state index contributed by atoms with van der Waals surface area (Å²) in [5.74, 6) is -0.865. The van der Waals surface area contributed by atoms with Crippen LogP contribution in [0.1, 0.15) is 29.3 Å². The van der Waals surface area contributed by atoms with Crippen LogP contribution in [0.25, 0.3) is 0 Å². The zero-order valence-electron chi connectivity index (χ0n) is 11.3. The molecule has 0 atom stereocenters. The van der Waals surface area contributed by atoms with Crippen molar-refractivity contribution in [3.05, 3.63) is 53.6 Å². The van der Waals surface area contributed by atoms with Crippen LogP contribution in [0.3, 0.4) is 0 Å². The van der Waals surface area contributed by atoms with Gasteiger partial charge in [0.05, 0.1) is 0 Å². The van der Waals surface area contributed by atoms with Crippen molar-refractivity contribution in [3.63, 3.8) is 0 Å². The minimum Gasteiger partial charge on any atom is -0.504 e. The van der Waals surface area contributed by atoms with Crippen LogP contribution < -0.4 is 5.32 Å². The molecule has 0 radical (unpaired) electrons. The number of carbonyl (C=O) groups excluding carboxylic acids is 1. The molecule has 0 saturated carbocycles. The number of benzene rings is 2. The number of hydrogen-bond acceptors (Lipinski definition) is 3. The fourth-order valence-corrected chi connectivity index (χ4v) is 1.99. The Morgan fingerprint density at radius 1 is 1.10 bits per heavy atom. The van der Waals surface area contributed by atoms with Gasteiger partial charge >= 0.3 is 0 Å². The van der Waals surface area contributed by atoms with E-state index in [4.69, 9.17) is 0 Å². The van der Waals surface area contributed by atoms with Gasteiger partial charge in [0.15, 0.2) is 11.5 Å². The summed E-state index contributed by atoms with van der Waals surface area (Å²) in [7, 11) is 0. The number of phenols is 2. The smallest absolute Gasteiger partial charge is 0.255 e. The van der Waals surface area contributed by atoms with Crippen LogP contribution in [-0.2, 0) is 6.42 Å². The second-order valence-corrected chi connectivity index (χ2v) is 4.56. The first kappa shape index (κ1) is 13.9. The molecule has 0 aliphatic heterocycles. The van der Waals surface area contributed by atoms with Gasteiger partial charge in [0.1, 0.15) is 0 Å². The van der Waals surface area contributed by atoms with E-state index in [1.807, 2.05) is 24.3 Å². The Labute approximate surface area is 117 Å². The molecule has 20 heavy (non-hydrogen) atoms. The van der Waals surface area contributed by atoms with E-state index in [9.17, 15) is 15.0 Å². The first-order valence-corrected chi connectivity index (χ1v) is 6.53. The van der Waals surface area contributed by atoms with Gasteiger partial charge in [-0.05, 0) is 36.2 Å². The summed E-state index contributed by atoms with van der Waals surface area (Å²) in [4.78, 5) is 12.1. The van der Waals surface area contributed by atoms with Crippen LogP contribution in [0, 0.1) is 0 Å². The number of carbonyl (C=O) groups is 1. The molecule has 0 aliphatic carbocycles. The van der Waals surface area contributed by atoms with Crippen LogP contribution in [0.5, 0.6) is 11.5 Å². The highest BCUT2D eigenvalue weighted by atomic mass is 16.3. The molecule has 3 N–H and O–H groups in total. The zero-order valence-corrected chi connectivity index (χ0v) is 11.3. The topological polar surface area (TPSA) is 69.6 Å². The quantitative estimate of drug-likeness (QED) is 0.747. The van der Waals surface area contributed by atoms with Crippen LogP contribution in [-0.4, -0.2) is 16.1 Å². The van der Waals surface area contributed by atoms with Crippen molar-refractivity contribution < 1.29 is 15.0 Å². The Bertz CT molecular complexity index is 623. The van der Waals surface area contributed by atoms with Gasteiger partial charge in [-0.15, -0.1) is 0 Å². The van der Waals surface area contributed by atoms with Crippen molar-refractivity contribution in [2.24, 2.45) is 0 Å². The van der Waals surface area contributed by atoms with Crippen LogP contribution in [0.15, 0.2) is 42.5 Å². The summed E-state index contributed by atoms with van der Waals surface area (Å²) in [5.41, 5.74) is 2.14. The van der Waals surface area contributed by atoms with Gasteiger partial charge in [0, 0.05) is 11.3 Å². The number of phenolic OH excluding ortho intramolecular Hbond substituents is 2. The Balaban J connectivity index is 2.21. The molecule has 0 bridgehead atoms. The van der Waals surface area contributed by atoms with E-state index in [2.05, 4.69) is 12.2 Å². The lowest BCUT2D eigenvalue weighted by molar-refractivity contribution is 0.102. The van der Waals surface area contributed by atoms with Gasteiger partial charge < -0.3 is 15.5 Å². The molecule has 0 spiro atoms. The monoisotopic (exact) mass is 271 g/mol. The third kappa shape index (κ3) is 3.09. The van der Waals surface area contributed by atoms with E-state index in [1.54, 1.807) is 0 Å². The van der Waals surface area contributed by atoms with Crippen molar-refractivity contribution >= 4 is 11.6 Å². The highest BCUT2D eigenvalue weighted by Crippen LogP contribution is 2.25. The highest BCUT2D eigenvalue weighted by molar-refractivity contribution is 6.05. The van der Waals surface area contributed by atoms with E-state index in [-0.39, 0.29) is 17.4 Å². The highest BCUT2D eigenvalue weighted by Gasteiger charge is 2.10. The van der Waals surface area contributed by atoms with E-state index < -0.39 is 0 Å². The van der Waals surface area contributed by atoms with Crippen molar-refractivity contribution in [1.29, 1.82) is 0 Å². The number of aromatic hydroxyl groups is 2. The first-order valence-electron chi connectivity index (χ1n) is 6.53. The Morgan fingerprint density at radius 2 is 1.85 bits per heavy atom. The molecule has 4 nitrogen and oxygen atoms in total. The lowest BCUT2D eigenvalue weighted by Crippen LogP contribution is -2.13. The largest absolute Gasteiger partial charge is 0.504 e. The second-order valence-electron chi connectivity index (χ2n) is 4.56. The molecule has 0 aromatic heterocycles. The van der Waals surface area contributed by atoms with Gasteiger partial charge in [0.25, 0.3) is 5.91 Å². The Morgan fingerprint density at radius 3 is 2.55 bits per heavy atom. The van der Waals surface area contributed by atoms with Crippen LogP contribution in [0.2, 0.25) is 0 Å². The van der Waals surface area contributed by atoms with Crippen molar-refractivity contribution in [1.82, 2.24) is 0 Å². The maximum atomic E-state index is 12.1. The SMILES string of the molecule is CCCc1ccccc1NC(=O)c1ccc(O)c(O)c1. The lowest BCUT2D eigenvalue weighted by Gasteiger charge is -2.10. The molecule has 4 heteroatoms. The summed E-state index contributed by atoms with van der Waals surface area (Å²) in [6, 6.07) is 11.6. The zero-order chi connectivity index (χ0) is 14.5. The summed E-state index contributed by atoms with van der Waals surface area (Å²) in [5, 5.41) is 21.5. The van der Waals surface area contributed by atoms with Crippen molar-refractivity contribution in [2.45, 2.75) is 19.8 Å². The number of rotatable bonds is 4. The van der Waals surface area contributed by atoms with E-state index in [0.29, 0.717) is 5.56 Å². The normalized spacial score (nSPS) is 10.2. The van der Waals surface area contributed by atoms with E-state index in [0.717, 1.165) is 24.1 Å². The predicted octanol–water partition coefficient (Wildman–Crippen LogP) is 3.30. The predicted molar refractivity (Wildman–Crippen MR) is 78.2 cm³/mol. The molecule has 0 aliphatic rings. The summed E-state index contributed by atoms with van der Waals surface area (Å²) >= 11 is 0. The third-order valence-electron chi connectivity index (χ3n) is 3.02. The van der Waals surface area contributed by atoms with Gasteiger partial charge in [-0.1, -0.05) is 31.5 Å². The Kier molecular flexibility index (Phi) is 4.25. The van der Waals surface area contributed by atoms with E-state index in [1.165, 1.54) is 18.2 Å². The number of hydrogen-bond donors (Lipinski definition) is 3. The number of amides is 1. The molecular formula is C16H17NO3. The van der Waals surface area contributed by atoms with E-state index >= 15 is 0 Å². The fraction of sp³-hybridized carbons (Fsp3) is 0.188. The first-order chi connectivity index (χ1) is 9.61. The third-order valence-corrected chi connectivity index (χ3v) is 3.02. The molecule has 2 aromatic rings. The second kappa shape index (κ2) is 6.10. The number of nitrogens with one attached hydrogen (secondary N) is 1. The number of anilines is 1. The Hall–Kier alpha value is -2.49. The molecule has 2 aromatic carbocycles. The fourth-order valence-electron chi connectivity index (χ4n) is 1.99. The van der Waals surface area contributed by atoms with Crippen molar-refractivity contribution in [2.75, 3.05) is 5.32 Å². The number of aryl methyl sites for hydroxylation is 1. The summed E-state index contributed by atoms with van der Waals surface area (Å²) in [6.07, 6.45) is 1.88.